The maximum atomic E-state index is 14.3. The lowest BCUT2D eigenvalue weighted by Gasteiger charge is -2.20. The van der Waals surface area contributed by atoms with Crippen LogP contribution < -0.4 is 32.0 Å². The largest absolute Gasteiger partial charge is 0.455 e. The molecule has 4 N–H and O–H groups in total. The van der Waals surface area contributed by atoms with E-state index in [-0.39, 0.29) is 17.2 Å². The van der Waals surface area contributed by atoms with Crippen molar-refractivity contribution < 1.29 is 32.5 Å². The number of carbonyl (C=O) groups is 1. The number of carbonyl (C=O) groups excluding carboxylic acids is 1. The van der Waals surface area contributed by atoms with Gasteiger partial charge in [-0.15, -0.1) is 0 Å². The SMILES string of the molecule is CC(C)n1cc(C(=O)Nc2ccc(OC3=CC(c4cn(C)cn4)=CN/C3=C\C=[NH2+])cc2C(F)(F)F)c(=O)n(-c2ccc(F)cc2)c1=O. The number of nitrogens with one attached hydrogen (secondary N) is 2. The van der Waals surface area contributed by atoms with Crippen molar-refractivity contribution >= 4 is 23.4 Å². The smallest absolute Gasteiger partial charge is 0.418 e. The molecule has 2 aromatic carbocycles. The highest BCUT2D eigenvalue weighted by molar-refractivity contribution is 6.04. The molecule has 2 aromatic heterocycles. The second-order valence-electron chi connectivity index (χ2n) is 10.7. The maximum absolute atomic E-state index is 14.3. The number of dihydropyridines is 1. The van der Waals surface area contributed by atoms with Crippen LogP contribution in [0.3, 0.4) is 0 Å². The molecule has 0 atom stereocenters. The lowest BCUT2D eigenvalue weighted by atomic mass is 10.1. The van der Waals surface area contributed by atoms with E-state index in [1.807, 2.05) is 0 Å². The molecule has 1 amide bonds. The molecule has 0 spiro atoms. The molecule has 4 aromatic rings. The minimum Gasteiger partial charge on any atom is -0.455 e. The third-order valence-electron chi connectivity index (χ3n) is 6.97. The highest BCUT2D eigenvalue weighted by Crippen LogP contribution is 2.38. The summed E-state index contributed by atoms with van der Waals surface area (Å²) in [5.74, 6) is -1.91. The van der Waals surface area contributed by atoms with Crippen LogP contribution in [0.5, 0.6) is 5.75 Å². The predicted octanol–water partition coefficient (Wildman–Crippen LogP) is 3.34. The molecule has 0 aliphatic carbocycles. The van der Waals surface area contributed by atoms with E-state index >= 15 is 0 Å². The van der Waals surface area contributed by atoms with E-state index in [1.54, 1.807) is 50.3 Å². The minimum atomic E-state index is -4.96. The van der Waals surface area contributed by atoms with Crippen molar-refractivity contribution in [1.29, 1.82) is 0 Å². The van der Waals surface area contributed by atoms with Gasteiger partial charge in [-0.1, -0.05) is 0 Å². The molecule has 0 saturated heterocycles. The number of anilines is 1. The number of halogens is 4. The van der Waals surface area contributed by atoms with Gasteiger partial charge in [0.05, 0.1) is 34.7 Å². The van der Waals surface area contributed by atoms with E-state index in [9.17, 15) is 31.9 Å². The van der Waals surface area contributed by atoms with Gasteiger partial charge in [0.15, 0.2) is 12.0 Å². The highest BCUT2D eigenvalue weighted by Gasteiger charge is 2.35. The van der Waals surface area contributed by atoms with Crippen molar-refractivity contribution in [3.8, 4) is 11.4 Å². The summed E-state index contributed by atoms with van der Waals surface area (Å²) in [5.41, 5.74) is -2.98. The molecule has 1 aliphatic heterocycles. The Hall–Kier alpha value is -5.99. The van der Waals surface area contributed by atoms with Crippen molar-refractivity contribution in [3.05, 3.63) is 134 Å². The number of imidazole rings is 1. The molecule has 5 rings (SSSR count). The van der Waals surface area contributed by atoms with Crippen LogP contribution in [0, 0.1) is 5.82 Å². The van der Waals surface area contributed by atoms with Crippen LogP contribution in [-0.2, 0) is 13.2 Å². The Balaban J connectivity index is 1.51. The maximum Gasteiger partial charge on any atom is 0.418 e. The zero-order valence-electron chi connectivity index (χ0n) is 25.2. The van der Waals surface area contributed by atoms with Crippen LogP contribution in [-0.4, -0.2) is 30.8 Å². The molecule has 1 aliphatic rings. The van der Waals surface area contributed by atoms with Gasteiger partial charge in [-0.05, 0) is 62.4 Å². The monoisotopic (exact) mass is 650 g/mol. The fraction of sp³-hybridized carbons (Fsp3) is 0.156. The van der Waals surface area contributed by atoms with Gasteiger partial charge in [0.1, 0.15) is 17.1 Å². The van der Waals surface area contributed by atoms with Gasteiger partial charge in [0, 0.05) is 43.3 Å². The fourth-order valence-electron chi connectivity index (χ4n) is 4.67. The molecule has 0 unspecified atom stereocenters. The van der Waals surface area contributed by atoms with E-state index in [0.29, 0.717) is 27.6 Å². The van der Waals surface area contributed by atoms with Crippen LogP contribution >= 0.6 is 0 Å². The normalized spacial score (nSPS) is 14.0. The van der Waals surface area contributed by atoms with Gasteiger partial charge < -0.3 is 19.9 Å². The number of aromatic nitrogens is 4. The van der Waals surface area contributed by atoms with E-state index in [2.05, 4.69) is 15.6 Å². The number of aryl methyl sites for hydroxylation is 1. The zero-order chi connectivity index (χ0) is 34.0. The van der Waals surface area contributed by atoms with Crippen molar-refractivity contribution in [3.63, 3.8) is 0 Å². The fourth-order valence-corrected chi connectivity index (χ4v) is 4.67. The standard InChI is InChI=1S/C32H27F4N7O4/c1-18(2)42-15-23(30(45)43(31(42)46)21-6-4-20(33)5-7-21)29(44)40-25-9-8-22(13-24(25)32(34,35)36)47-28-12-19(14-38-26(28)10-11-37)27-16-41(3)17-39-27/h4-18,37-38H,1-3H3,(H,40,44)/p+1/b26-10-,37-11?. The van der Waals surface area contributed by atoms with Crippen molar-refractivity contribution in [2.75, 3.05) is 5.32 Å². The number of hydrogen-bond acceptors (Lipinski definition) is 6. The summed E-state index contributed by atoms with van der Waals surface area (Å²) in [4.78, 5) is 44.1. The van der Waals surface area contributed by atoms with Gasteiger partial charge in [0.25, 0.3) is 11.5 Å². The molecular formula is C32H28F4N7O4+. The first-order chi connectivity index (χ1) is 22.3. The first-order valence-corrected chi connectivity index (χ1v) is 14.0. The Morgan fingerprint density at radius 1 is 1.11 bits per heavy atom. The van der Waals surface area contributed by atoms with E-state index in [1.165, 1.54) is 30.5 Å². The van der Waals surface area contributed by atoms with Gasteiger partial charge in [0.2, 0.25) is 0 Å². The Morgan fingerprint density at radius 2 is 1.83 bits per heavy atom. The number of hydrogen-bond donors (Lipinski definition) is 3. The van der Waals surface area contributed by atoms with Gasteiger partial charge >= 0.3 is 11.9 Å². The molecule has 242 valence electrons. The van der Waals surface area contributed by atoms with Crippen molar-refractivity contribution in [1.82, 2.24) is 24.0 Å². The summed E-state index contributed by atoms with van der Waals surface area (Å²) < 4.78 is 65.9. The number of nitrogens with zero attached hydrogens (tertiary/aromatic N) is 4. The molecule has 0 bridgehead atoms. The third kappa shape index (κ3) is 6.83. The lowest BCUT2D eigenvalue weighted by molar-refractivity contribution is -0.137. The lowest BCUT2D eigenvalue weighted by Crippen LogP contribution is -2.42. The quantitative estimate of drug-likeness (QED) is 0.198. The van der Waals surface area contributed by atoms with Crippen LogP contribution in [0.4, 0.5) is 23.2 Å². The zero-order valence-corrected chi connectivity index (χ0v) is 25.2. The molecule has 0 radical (unpaired) electrons. The summed E-state index contributed by atoms with van der Waals surface area (Å²) >= 11 is 0. The van der Waals surface area contributed by atoms with Crippen LogP contribution in [0.1, 0.15) is 41.5 Å². The molecule has 0 fully saturated rings. The van der Waals surface area contributed by atoms with Crippen LogP contribution in [0.25, 0.3) is 11.3 Å². The average molecular weight is 651 g/mol. The molecular weight excluding hydrogens is 622 g/mol. The van der Waals surface area contributed by atoms with Crippen LogP contribution in [0.15, 0.2) is 101 Å². The number of nitrogens with two attached hydrogens (primary N) is 1. The molecule has 15 heteroatoms. The molecule has 3 heterocycles. The van der Waals surface area contributed by atoms with E-state index < -0.39 is 52.0 Å². The Bertz CT molecular complexity index is 2090. The molecule has 47 heavy (non-hydrogen) atoms. The summed E-state index contributed by atoms with van der Waals surface area (Å²) in [5, 5.41) is 10.7. The second-order valence-corrected chi connectivity index (χ2v) is 10.7. The first kappa shape index (κ1) is 32.4. The number of benzene rings is 2. The third-order valence-corrected chi connectivity index (χ3v) is 6.97. The summed E-state index contributed by atoms with van der Waals surface area (Å²) in [7, 11) is 1.78. The molecule has 11 nitrogen and oxygen atoms in total. The number of amides is 1. The van der Waals surface area contributed by atoms with E-state index in [4.69, 9.17) is 10.1 Å². The topological polar surface area (TPSA) is 138 Å². The van der Waals surface area contributed by atoms with Gasteiger partial charge in [-0.25, -0.2) is 18.7 Å². The van der Waals surface area contributed by atoms with Gasteiger partial charge in [-0.3, -0.25) is 19.6 Å². The summed E-state index contributed by atoms with van der Waals surface area (Å²) in [6.07, 6.45) is 5.25. The number of ether oxygens (including phenoxy) is 1. The number of allylic oxidation sites excluding steroid dienone is 3. The number of alkyl halides is 3. The Morgan fingerprint density at radius 3 is 2.45 bits per heavy atom. The Kier molecular flexibility index (Phi) is 8.81. The molecule has 0 saturated carbocycles. The summed E-state index contributed by atoms with van der Waals surface area (Å²) in [6, 6.07) is 6.73. The van der Waals surface area contributed by atoms with Crippen molar-refractivity contribution in [2.24, 2.45) is 7.05 Å². The summed E-state index contributed by atoms with van der Waals surface area (Å²) in [6.45, 7) is 3.23. The van der Waals surface area contributed by atoms with Crippen molar-refractivity contribution in [2.45, 2.75) is 26.1 Å². The average Bonchev–Trinajstić information content (AvgIpc) is 3.45. The van der Waals surface area contributed by atoms with E-state index in [0.717, 1.165) is 29.0 Å². The number of rotatable bonds is 8. The minimum absolute atomic E-state index is 0.0314. The second kappa shape index (κ2) is 12.8. The highest BCUT2D eigenvalue weighted by atomic mass is 19.4. The Labute approximate surface area is 264 Å². The first-order valence-electron chi connectivity index (χ1n) is 14.0. The van der Waals surface area contributed by atoms with Crippen LogP contribution in [0.2, 0.25) is 0 Å². The van der Waals surface area contributed by atoms with Gasteiger partial charge in [-0.2, -0.15) is 13.2 Å². The predicted molar refractivity (Wildman–Crippen MR) is 165 cm³/mol.